The van der Waals surface area contributed by atoms with E-state index in [1.54, 1.807) is 0 Å². The lowest BCUT2D eigenvalue weighted by Crippen LogP contribution is -2.16. The van der Waals surface area contributed by atoms with E-state index in [4.69, 9.17) is 4.74 Å². The van der Waals surface area contributed by atoms with Gasteiger partial charge in [0.15, 0.2) is 17.4 Å². The van der Waals surface area contributed by atoms with Gasteiger partial charge < -0.3 is 4.74 Å². The number of hydrogen-bond acceptors (Lipinski definition) is 2. The van der Waals surface area contributed by atoms with Gasteiger partial charge in [0, 0.05) is 12.2 Å². The number of benzene rings is 1. The molecule has 1 fully saturated rings. The van der Waals surface area contributed by atoms with Crippen molar-refractivity contribution in [1.82, 2.24) is 0 Å². The Labute approximate surface area is 105 Å². The second-order valence-corrected chi connectivity index (χ2v) is 4.69. The molecule has 0 unspecified atom stereocenters. The Morgan fingerprint density at radius 3 is 2.67 bits per heavy atom. The highest BCUT2D eigenvalue weighted by Gasteiger charge is 2.17. The zero-order chi connectivity index (χ0) is 13.0. The van der Waals surface area contributed by atoms with Gasteiger partial charge in [-0.15, -0.1) is 0 Å². The molecule has 0 amide bonds. The van der Waals surface area contributed by atoms with Crippen molar-refractivity contribution in [2.75, 3.05) is 13.2 Å². The Bertz CT molecular complexity index is 428. The third-order valence-electron chi connectivity index (χ3n) is 3.37. The van der Waals surface area contributed by atoms with Crippen LogP contribution in [0.4, 0.5) is 8.78 Å². The second-order valence-electron chi connectivity index (χ2n) is 4.69. The van der Waals surface area contributed by atoms with E-state index >= 15 is 0 Å². The summed E-state index contributed by atoms with van der Waals surface area (Å²) in [6.07, 6.45) is 4.77. The Morgan fingerprint density at radius 2 is 2.06 bits per heavy atom. The first-order chi connectivity index (χ1) is 8.66. The number of hydrogen-bond donors (Lipinski definition) is 0. The molecule has 0 atom stereocenters. The summed E-state index contributed by atoms with van der Waals surface area (Å²) >= 11 is 0. The number of ketones is 1. The maximum Gasteiger partial charge on any atom is 0.188 e. The summed E-state index contributed by atoms with van der Waals surface area (Å²) in [5.41, 5.74) is 0.151. The highest BCUT2D eigenvalue weighted by molar-refractivity contribution is 5.97. The minimum Gasteiger partial charge on any atom is -0.373 e. The van der Waals surface area contributed by atoms with Gasteiger partial charge in [-0.25, -0.2) is 8.78 Å². The quantitative estimate of drug-likeness (QED) is 0.575. The molecule has 4 heteroatoms. The van der Waals surface area contributed by atoms with Crippen LogP contribution in [-0.2, 0) is 4.74 Å². The summed E-state index contributed by atoms with van der Waals surface area (Å²) in [7, 11) is 0. The molecule has 0 saturated heterocycles. The Hall–Kier alpha value is -1.29. The molecular weight excluding hydrogens is 238 g/mol. The minimum atomic E-state index is -1.00. The molecule has 2 nitrogen and oxygen atoms in total. The molecule has 0 N–H and O–H groups in total. The summed E-state index contributed by atoms with van der Waals surface area (Å²) in [5.74, 6) is -1.53. The van der Waals surface area contributed by atoms with Gasteiger partial charge in [-0.2, -0.15) is 0 Å². The van der Waals surface area contributed by atoms with E-state index in [2.05, 4.69) is 0 Å². The van der Waals surface area contributed by atoms with Crippen LogP contribution in [0.15, 0.2) is 18.2 Å². The lowest BCUT2D eigenvalue weighted by atomic mass is 9.83. The van der Waals surface area contributed by atoms with Gasteiger partial charge in [-0.3, -0.25) is 4.79 Å². The predicted molar refractivity (Wildman–Crippen MR) is 63.5 cm³/mol. The van der Waals surface area contributed by atoms with E-state index in [0.29, 0.717) is 6.61 Å². The van der Waals surface area contributed by atoms with Crippen LogP contribution in [0.2, 0.25) is 0 Å². The van der Waals surface area contributed by atoms with Gasteiger partial charge in [0.2, 0.25) is 0 Å². The van der Waals surface area contributed by atoms with Crippen LogP contribution >= 0.6 is 0 Å². The van der Waals surface area contributed by atoms with Crippen molar-refractivity contribution < 1.29 is 18.3 Å². The minimum absolute atomic E-state index is 0.0716. The van der Waals surface area contributed by atoms with Crippen molar-refractivity contribution in [2.24, 2.45) is 5.92 Å². The standard InChI is InChI=1S/C14H16F2O2/c15-12-5-4-11(8-13(12)16)14(17)9-18-7-6-10-2-1-3-10/h4-5,8,10H,1-3,6-7,9H2. The number of Topliss-reactive ketones (excluding diaryl/α,β-unsaturated/α-hetero) is 1. The monoisotopic (exact) mass is 254 g/mol. The maximum absolute atomic E-state index is 12.9. The van der Waals surface area contributed by atoms with Crippen LogP contribution in [-0.4, -0.2) is 19.0 Å². The predicted octanol–water partition coefficient (Wildman–Crippen LogP) is 3.35. The Balaban J connectivity index is 1.74. The van der Waals surface area contributed by atoms with Crippen LogP contribution in [0, 0.1) is 17.6 Å². The number of rotatable bonds is 6. The number of carbonyl (C=O) groups is 1. The van der Waals surface area contributed by atoms with E-state index in [1.165, 1.54) is 25.3 Å². The zero-order valence-electron chi connectivity index (χ0n) is 10.1. The summed E-state index contributed by atoms with van der Waals surface area (Å²) in [5, 5.41) is 0. The highest BCUT2D eigenvalue weighted by Crippen LogP contribution is 2.29. The van der Waals surface area contributed by atoms with Crippen molar-refractivity contribution in [2.45, 2.75) is 25.7 Å². The summed E-state index contributed by atoms with van der Waals surface area (Å²) in [6.45, 7) is 0.484. The van der Waals surface area contributed by atoms with Crippen LogP contribution in [0.25, 0.3) is 0 Å². The third-order valence-corrected chi connectivity index (χ3v) is 3.37. The van der Waals surface area contributed by atoms with Crippen molar-refractivity contribution in [3.05, 3.63) is 35.4 Å². The van der Waals surface area contributed by atoms with E-state index in [-0.39, 0.29) is 18.0 Å². The molecule has 0 aliphatic heterocycles. The fourth-order valence-corrected chi connectivity index (χ4v) is 1.95. The first-order valence-corrected chi connectivity index (χ1v) is 6.23. The molecule has 1 aromatic carbocycles. The fraction of sp³-hybridized carbons (Fsp3) is 0.500. The molecule has 98 valence electrons. The number of ether oxygens (including phenoxy) is 1. The summed E-state index contributed by atoms with van der Waals surface area (Å²) in [6, 6.07) is 3.14. The second kappa shape index (κ2) is 6.05. The van der Waals surface area contributed by atoms with Gasteiger partial charge >= 0.3 is 0 Å². The van der Waals surface area contributed by atoms with Crippen molar-refractivity contribution in [1.29, 1.82) is 0 Å². The topological polar surface area (TPSA) is 26.3 Å². The average Bonchev–Trinajstić information content (AvgIpc) is 2.30. The van der Waals surface area contributed by atoms with Gasteiger partial charge in [0.25, 0.3) is 0 Å². The lowest BCUT2D eigenvalue weighted by Gasteiger charge is -2.24. The average molecular weight is 254 g/mol. The van der Waals surface area contributed by atoms with Crippen molar-refractivity contribution in [3.8, 4) is 0 Å². The summed E-state index contributed by atoms with van der Waals surface area (Å²) < 4.78 is 30.9. The Kier molecular flexibility index (Phi) is 4.42. The molecule has 0 spiro atoms. The molecular formula is C14H16F2O2. The molecule has 0 heterocycles. The van der Waals surface area contributed by atoms with Gasteiger partial charge in [0.05, 0.1) is 0 Å². The van der Waals surface area contributed by atoms with Crippen LogP contribution in [0.3, 0.4) is 0 Å². The molecule has 1 saturated carbocycles. The molecule has 1 aliphatic carbocycles. The van der Waals surface area contributed by atoms with Gasteiger partial charge in [-0.1, -0.05) is 19.3 Å². The smallest absolute Gasteiger partial charge is 0.188 e. The molecule has 18 heavy (non-hydrogen) atoms. The zero-order valence-corrected chi connectivity index (χ0v) is 10.1. The van der Waals surface area contributed by atoms with Crippen molar-refractivity contribution in [3.63, 3.8) is 0 Å². The van der Waals surface area contributed by atoms with E-state index in [1.807, 2.05) is 0 Å². The van der Waals surface area contributed by atoms with Gasteiger partial charge in [-0.05, 0) is 30.5 Å². The first-order valence-electron chi connectivity index (χ1n) is 6.23. The number of carbonyl (C=O) groups excluding carboxylic acids is 1. The molecule has 0 radical (unpaired) electrons. The number of halogens is 2. The van der Waals surface area contributed by atoms with Crippen LogP contribution in [0.5, 0.6) is 0 Å². The Morgan fingerprint density at radius 1 is 1.28 bits per heavy atom. The fourth-order valence-electron chi connectivity index (χ4n) is 1.95. The third kappa shape index (κ3) is 3.35. The SMILES string of the molecule is O=C(COCCC1CCC1)c1ccc(F)c(F)c1. The summed E-state index contributed by atoms with van der Waals surface area (Å²) in [4.78, 5) is 11.6. The molecule has 0 aromatic heterocycles. The molecule has 2 rings (SSSR count). The lowest BCUT2D eigenvalue weighted by molar-refractivity contribution is 0.0704. The normalized spacial score (nSPS) is 15.4. The van der Waals surface area contributed by atoms with Crippen molar-refractivity contribution >= 4 is 5.78 Å². The van der Waals surface area contributed by atoms with E-state index in [0.717, 1.165) is 24.5 Å². The van der Waals surface area contributed by atoms with Gasteiger partial charge in [0.1, 0.15) is 6.61 Å². The molecule has 1 aliphatic rings. The van der Waals surface area contributed by atoms with Crippen LogP contribution < -0.4 is 0 Å². The van der Waals surface area contributed by atoms with Crippen LogP contribution in [0.1, 0.15) is 36.0 Å². The largest absolute Gasteiger partial charge is 0.373 e. The van der Waals surface area contributed by atoms with E-state index in [9.17, 15) is 13.6 Å². The highest BCUT2D eigenvalue weighted by atomic mass is 19.2. The molecule has 0 bridgehead atoms. The van der Waals surface area contributed by atoms with E-state index < -0.39 is 11.6 Å². The maximum atomic E-state index is 12.9. The molecule has 1 aromatic rings. The first kappa shape index (κ1) is 13.1.